The third kappa shape index (κ3) is 5.33. The molecule has 0 saturated heterocycles. The normalized spacial score (nSPS) is 15.0. The molecule has 1 amide bonds. The van der Waals surface area contributed by atoms with Crippen molar-refractivity contribution in [3.63, 3.8) is 0 Å². The predicted molar refractivity (Wildman–Crippen MR) is 137 cm³/mol. The van der Waals surface area contributed by atoms with Gasteiger partial charge in [0.05, 0.1) is 35.2 Å². The first-order valence-corrected chi connectivity index (χ1v) is 12.4. The molecule has 1 aliphatic carbocycles. The van der Waals surface area contributed by atoms with Crippen molar-refractivity contribution in [2.24, 2.45) is 0 Å². The lowest BCUT2D eigenvalue weighted by Crippen LogP contribution is -2.32. The first kappa shape index (κ1) is 23.8. The topological polar surface area (TPSA) is 99.7 Å². The number of amides is 1. The van der Waals surface area contributed by atoms with E-state index >= 15 is 0 Å². The van der Waals surface area contributed by atoms with Crippen LogP contribution in [-0.2, 0) is 26.1 Å². The number of aryl methyl sites for hydroxylation is 3. The summed E-state index contributed by atoms with van der Waals surface area (Å²) in [5.74, 6) is 0.789. The molecule has 0 radical (unpaired) electrons. The number of H-pyrrole nitrogens is 1. The van der Waals surface area contributed by atoms with Gasteiger partial charge < -0.3 is 10.3 Å². The molecule has 1 unspecified atom stereocenters. The molecule has 0 spiro atoms. The Morgan fingerprint density at radius 2 is 1.86 bits per heavy atom. The minimum atomic E-state index is -0.152. The van der Waals surface area contributed by atoms with E-state index in [1.807, 2.05) is 38.4 Å². The summed E-state index contributed by atoms with van der Waals surface area (Å²) in [6.45, 7) is 5.56. The highest BCUT2D eigenvalue weighted by Gasteiger charge is 2.28. The van der Waals surface area contributed by atoms with Gasteiger partial charge in [-0.05, 0) is 55.9 Å². The van der Waals surface area contributed by atoms with Crippen LogP contribution in [0.15, 0.2) is 61.3 Å². The number of hydrogen-bond donors (Lipinski definition) is 2. The third-order valence-electron chi connectivity index (χ3n) is 6.80. The molecule has 184 valence electrons. The molecule has 5 rings (SSSR count). The second-order valence-electron chi connectivity index (χ2n) is 9.32. The fourth-order valence-electron chi connectivity index (χ4n) is 5.06. The quantitative estimate of drug-likeness (QED) is 0.391. The van der Waals surface area contributed by atoms with Crippen LogP contribution in [0, 0.1) is 13.8 Å². The van der Waals surface area contributed by atoms with Crippen molar-refractivity contribution >= 4 is 5.91 Å². The maximum Gasteiger partial charge on any atom is 0.255 e. The zero-order chi connectivity index (χ0) is 24.9. The second kappa shape index (κ2) is 10.8. The molecular weight excluding hydrogens is 450 g/mol. The molecule has 0 aliphatic heterocycles. The number of nitrogens with one attached hydrogen (secondary N) is 2. The summed E-state index contributed by atoms with van der Waals surface area (Å²) >= 11 is 0. The highest BCUT2D eigenvalue weighted by atomic mass is 16.1. The monoisotopic (exact) mass is 481 g/mol. The summed E-state index contributed by atoms with van der Waals surface area (Å²) < 4.78 is 0. The minimum Gasteiger partial charge on any atom is -0.348 e. The van der Waals surface area contributed by atoms with Crippen molar-refractivity contribution in [2.45, 2.75) is 58.8 Å². The summed E-state index contributed by atoms with van der Waals surface area (Å²) in [6.07, 6.45) is 10.3. The Bertz CT molecular complexity index is 1320. The number of aromatic nitrogens is 5. The lowest BCUT2D eigenvalue weighted by atomic mass is 9.90. The van der Waals surface area contributed by atoms with Crippen LogP contribution in [0.1, 0.15) is 68.8 Å². The molecule has 8 heteroatoms. The smallest absolute Gasteiger partial charge is 0.255 e. The summed E-state index contributed by atoms with van der Waals surface area (Å²) in [6, 6.07) is 12.9. The van der Waals surface area contributed by atoms with Gasteiger partial charge in [0.2, 0.25) is 0 Å². The number of pyridine rings is 1. The SMILES string of the molecule is Cc1ncnc(C)c1C(=O)NCc1cccc(CN(Cc2ncc[nH]2)C2CCCc3cccnc32)c1. The number of rotatable bonds is 8. The van der Waals surface area contributed by atoms with E-state index in [1.165, 1.54) is 23.1 Å². The van der Waals surface area contributed by atoms with E-state index in [-0.39, 0.29) is 11.9 Å². The number of aromatic amines is 1. The van der Waals surface area contributed by atoms with Crippen molar-refractivity contribution in [2.75, 3.05) is 0 Å². The van der Waals surface area contributed by atoms with Crippen LogP contribution in [0.2, 0.25) is 0 Å². The van der Waals surface area contributed by atoms with E-state index < -0.39 is 0 Å². The summed E-state index contributed by atoms with van der Waals surface area (Å²) in [5, 5.41) is 3.03. The van der Waals surface area contributed by atoms with Crippen molar-refractivity contribution in [1.29, 1.82) is 0 Å². The number of imidazole rings is 1. The van der Waals surface area contributed by atoms with Crippen LogP contribution in [0.25, 0.3) is 0 Å². The molecule has 0 bridgehead atoms. The maximum atomic E-state index is 12.8. The molecule has 8 nitrogen and oxygen atoms in total. The number of nitrogens with zero attached hydrogens (tertiary/aromatic N) is 5. The standard InChI is InChI=1S/C28H31N7O/c1-19-26(20(2)34-18-33-19)28(36)32-15-21-6-3-7-22(14-21)16-35(17-25-29-12-13-30-25)24-10-4-8-23-9-5-11-31-27(23)24/h3,5-7,9,11-14,18,24H,4,8,10,15-17H2,1-2H3,(H,29,30)(H,32,36). The van der Waals surface area contributed by atoms with E-state index in [1.54, 1.807) is 6.20 Å². The Morgan fingerprint density at radius 1 is 1.03 bits per heavy atom. The number of hydrogen-bond acceptors (Lipinski definition) is 6. The summed E-state index contributed by atoms with van der Waals surface area (Å²) in [4.78, 5) is 36.1. The van der Waals surface area contributed by atoms with Gasteiger partial charge in [0.1, 0.15) is 12.2 Å². The molecule has 3 heterocycles. The van der Waals surface area contributed by atoms with Gasteiger partial charge in [0, 0.05) is 31.7 Å². The van der Waals surface area contributed by atoms with Crippen molar-refractivity contribution < 1.29 is 4.79 Å². The number of carbonyl (C=O) groups is 1. The lowest BCUT2D eigenvalue weighted by molar-refractivity contribution is 0.0948. The first-order valence-electron chi connectivity index (χ1n) is 12.4. The van der Waals surface area contributed by atoms with E-state index in [0.717, 1.165) is 37.2 Å². The van der Waals surface area contributed by atoms with E-state index in [2.05, 4.69) is 54.4 Å². The number of benzene rings is 1. The van der Waals surface area contributed by atoms with E-state index in [9.17, 15) is 4.79 Å². The van der Waals surface area contributed by atoms with Crippen LogP contribution >= 0.6 is 0 Å². The minimum absolute atomic E-state index is 0.152. The molecular formula is C28H31N7O. The lowest BCUT2D eigenvalue weighted by Gasteiger charge is -2.34. The Hall–Kier alpha value is -3.91. The van der Waals surface area contributed by atoms with Gasteiger partial charge in [-0.1, -0.05) is 30.3 Å². The maximum absolute atomic E-state index is 12.8. The molecule has 1 aliphatic rings. The number of carbonyl (C=O) groups excluding carboxylic acids is 1. The predicted octanol–water partition coefficient (Wildman–Crippen LogP) is 4.22. The second-order valence-corrected chi connectivity index (χ2v) is 9.32. The van der Waals surface area contributed by atoms with Crippen LogP contribution in [0.3, 0.4) is 0 Å². The van der Waals surface area contributed by atoms with Gasteiger partial charge in [-0.15, -0.1) is 0 Å². The zero-order valence-electron chi connectivity index (χ0n) is 20.7. The number of fused-ring (bicyclic) bond motifs is 1. The molecule has 2 N–H and O–H groups in total. The molecule has 0 saturated carbocycles. The molecule has 0 fully saturated rings. The largest absolute Gasteiger partial charge is 0.348 e. The Balaban J connectivity index is 1.33. The van der Waals surface area contributed by atoms with E-state index in [4.69, 9.17) is 4.98 Å². The zero-order valence-corrected chi connectivity index (χ0v) is 20.7. The first-order chi connectivity index (χ1) is 17.6. The van der Waals surface area contributed by atoms with Crippen molar-refractivity contribution in [3.05, 3.63) is 106 Å². The highest BCUT2D eigenvalue weighted by Crippen LogP contribution is 2.34. The fourth-order valence-corrected chi connectivity index (χ4v) is 5.06. The molecule has 36 heavy (non-hydrogen) atoms. The third-order valence-corrected chi connectivity index (χ3v) is 6.80. The highest BCUT2D eigenvalue weighted by molar-refractivity contribution is 5.96. The molecule has 3 aromatic heterocycles. The van der Waals surface area contributed by atoms with Gasteiger partial charge in [-0.3, -0.25) is 14.7 Å². The average Bonchev–Trinajstić information content (AvgIpc) is 3.40. The van der Waals surface area contributed by atoms with Crippen molar-refractivity contribution in [1.82, 2.24) is 35.1 Å². The van der Waals surface area contributed by atoms with Gasteiger partial charge in [-0.2, -0.15) is 0 Å². The summed E-state index contributed by atoms with van der Waals surface area (Å²) in [5.41, 5.74) is 6.66. The van der Waals surface area contributed by atoms with Crippen LogP contribution in [0.4, 0.5) is 0 Å². The molecule has 1 aromatic carbocycles. The van der Waals surface area contributed by atoms with Crippen LogP contribution < -0.4 is 5.32 Å². The van der Waals surface area contributed by atoms with Gasteiger partial charge in [0.15, 0.2) is 0 Å². The fraction of sp³-hybridized carbons (Fsp3) is 0.321. The Labute approximate surface area is 211 Å². The van der Waals surface area contributed by atoms with Crippen LogP contribution in [-0.4, -0.2) is 35.7 Å². The molecule has 4 aromatic rings. The average molecular weight is 482 g/mol. The molecule has 1 atom stereocenters. The Morgan fingerprint density at radius 3 is 2.67 bits per heavy atom. The van der Waals surface area contributed by atoms with Crippen molar-refractivity contribution in [3.8, 4) is 0 Å². The van der Waals surface area contributed by atoms with E-state index in [0.29, 0.717) is 30.0 Å². The van der Waals surface area contributed by atoms with Gasteiger partial charge >= 0.3 is 0 Å². The van der Waals surface area contributed by atoms with Gasteiger partial charge in [0.25, 0.3) is 5.91 Å². The Kier molecular flexibility index (Phi) is 7.13. The van der Waals surface area contributed by atoms with Crippen LogP contribution in [0.5, 0.6) is 0 Å². The summed E-state index contributed by atoms with van der Waals surface area (Å²) in [7, 11) is 0. The van der Waals surface area contributed by atoms with Gasteiger partial charge in [-0.25, -0.2) is 15.0 Å².